The van der Waals surface area contributed by atoms with Crippen molar-refractivity contribution in [3.05, 3.63) is 65.4 Å². The van der Waals surface area contributed by atoms with E-state index in [9.17, 15) is 9.90 Å². The second kappa shape index (κ2) is 6.56. The second-order valence-corrected chi connectivity index (χ2v) is 6.39. The zero-order valence-corrected chi connectivity index (χ0v) is 14.7. The van der Waals surface area contributed by atoms with Gasteiger partial charge in [0.05, 0.1) is 11.9 Å². The Hall–Kier alpha value is -3.68. The molecule has 0 atom stereocenters. The van der Waals surface area contributed by atoms with Crippen LogP contribution in [0.2, 0.25) is 0 Å². The van der Waals surface area contributed by atoms with Gasteiger partial charge >= 0.3 is 5.97 Å². The Morgan fingerprint density at radius 3 is 2.52 bits per heavy atom. The smallest absolute Gasteiger partial charge is 0.352 e. The average Bonchev–Trinajstić information content (AvgIpc) is 3.36. The molecule has 0 fully saturated rings. The predicted molar refractivity (Wildman–Crippen MR) is 100 cm³/mol. The van der Waals surface area contributed by atoms with Gasteiger partial charge in [0.1, 0.15) is 11.5 Å². The molecule has 27 heavy (non-hydrogen) atoms. The van der Waals surface area contributed by atoms with Crippen LogP contribution in [0, 0.1) is 0 Å². The van der Waals surface area contributed by atoms with Crippen LogP contribution in [0.5, 0.6) is 0 Å². The van der Waals surface area contributed by atoms with E-state index < -0.39 is 5.97 Å². The SMILES string of the molecule is C/C(=C(/N)C(=O)O)c1nc(-c2cn[nH]c2)cc(N2Cc3ccccc3C2)n1. The van der Waals surface area contributed by atoms with E-state index in [0.717, 1.165) is 18.7 Å². The standard InChI is InChI=1S/C19H18N6O2/c1-11(17(20)19(26)27)18-23-15(14-7-21-22-8-14)6-16(24-18)25-9-12-4-2-3-5-13(12)10-25/h2-8H,9-10,20H2,1H3,(H,21,22)(H,26,27)/b17-11-. The Labute approximate surface area is 155 Å². The van der Waals surface area contributed by atoms with Crippen molar-refractivity contribution in [1.82, 2.24) is 20.2 Å². The van der Waals surface area contributed by atoms with Gasteiger partial charge in [-0.3, -0.25) is 5.10 Å². The number of anilines is 1. The summed E-state index contributed by atoms with van der Waals surface area (Å²) < 4.78 is 0. The highest BCUT2D eigenvalue weighted by Crippen LogP contribution is 2.30. The Morgan fingerprint density at radius 1 is 1.22 bits per heavy atom. The quantitative estimate of drug-likeness (QED) is 0.608. The van der Waals surface area contributed by atoms with Crippen molar-refractivity contribution in [3.63, 3.8) is 0 Å². The molecule has 4 N–H and O–H groups in total. The molecule has 0 unspecified atom stereocenters. The van der Waals surface area contributed by atoms with Crippen molar-refractivity contribution < 1.29 is 9.90 Å². The summed E-state index contributed by atoms with van der Waals surface area (Å²) in [6, 6.07) is 10.1. The van der Waals surface area contributed by atoms with Crippen LogP contribution in [-0.4, -0.2) is 31.2 Å². The lowest BCUT2D eigenvalue weighted by Gasteiger charge is -2.18. The maximum absolute atomic E-state index is 11.3. The number of aliphatic carboxylic acids is 1. The molecule has 0 aliphatic carbocycles. The van der Waals surface area contributed by atoms with Crippen LogP contribution in [-0.2, 0) is 17.9 Å². The zero-order chi connectivity index (χ0) is 19.0. The molecule has 0 bridgehead atoms. The molecule has 2 aromatic heterocycles. The van der Waals surface area contributed by atoms with Gasteiger partial charge in [0.25, 0.3) is 0 Å². The summed E-state index contributed by atoms with van der Waals surface area (Å²) in [5.74, 6) is -0.190. The first-order valence-electron chi connectivity index (χ1n) is 8.43. The van der Waals surface area contributed by atoms with Gasteiger partial charge in [-0.05, 0) is 18.1 Å². The number of nitrogens with two attached hydrogens (primary N) is 1. The van der Waals surface area contributed by atoms with E-state index in [1.165, 1.54) is 11.1 Å². The summed E-state index contributed by atoms with van der Waals surface area (Å²) in [7, 11) is 0. The Balaban J connectivity index is 1.80. The third-order valence-electron chi connectivity index (χ3n) is 4.64. The minimum absolute atomic E-state index is 0.269. The summed E-state index contributed by atoms with van der Waals surface area (Å²) in [5, 5.41) is 15.9. The van der Waals surface area contributed by atoms with E-state index >= 15 is 0 Å². The van der Waals surface area contributed by atoms with Crippen molar-refractivity contribution in [1.29, 1.82) is 0 Å². The van der Waals surface area contributed by atoms with Crippen LogP contribution in [0.15, 0.2) is 48.4 Å². The first-order chi connectivity index (χ1) is 13.0. The number of carbonyl (C=O) groups is 1. The molecule has 0 spiro atoms. The highest BCUT2D eigenvalue weighted by molar-refractivity contribution is 5.94. The van der Waals surface area contributed by atoms with E-state index in [1.807, 2.05) is 18.2 Å². The van der Waals surface area contributed by atoms with Crippen molar-refractivity contribution in [2.24, 2.45) is 5.73 Å². The van der Waals surface area contributed by atoms with E-state index in [2.05, 4.69) is 37.2 Å². The van der Waals surface area contributed by atoms with Crippen LogP contribution < -0.4 is 10.6 Å². The fourth-order valence-corrected chi connectivity index (χ4v) is 3.08. The third-order valence-corrected chi connectivity index (χ3v) is 4.64. The van der Waals surface area contributed by atoms with Crippen LogP contribution in [0.25, 0.3) is 16.8 Å². The van der Waals surface area contributed by atoms with Gasteiger partial charge in [-0.15, -0.1) is 0 Å². The monoisotopic (exact) mass is 362 g/mol. The molecular weight excluding hydrogens is 344 g/mol. The number of rotatable bonds is 4. The molecular formula is C19H18N6O2. The van der Waals surface area contributed by atoms with Gasteiger partial charge in [0.2, 0.25) is 0 Å². The topological polar surface area (TPSA) is 121 Å². The normalized spacial score (nSPS) is 14.0. The van der Waals surface area contributed by atoms with E-state index in [1.54, 1.807) is 19.3 Å². The Bertz CT molecular complexity index is 1020. The highest BCUT2D eigenvalue weighted by atomic mass is 16.4. The van der Waals surface area contributed by atoms with Crippen LogP contribution in [0.3, 0.4) is 0 Å². The van der Waals surface area contributed by atoms with Gasteiger partial charge in [0, 0.05) is 36.5 Å². The van der Waals surface area contributed by atoms with E-state index in [-0.39, 0.29) is 5.70 Å². The highest BCUT2D eigenvalue weighted by Gasteiger charge is 2.22. The van der Waals surface area contributed by atoms with Crippen molar-refractivity contribution in [2.75, 3.05) is 4.90 Å². The third kappa shape index (κ3) is 3.12. The number of benzene rings is 1. The second-order valence-electron chi connectivity index (χ2n) is 6.39. The fraction of sp³-hybridized carbons (Fsp3) is 0.158. The zero-order valence-electron chi connectivity index (χ0n) is 14.7. The molecule has 8 nitrogen and oxygen atoms in total. The maximum Gasteiger partial charge on any atom is 0.352 e. The van der Waals surface area contributed by atoms with Gasteiger partial charge in [0.15, 0.2) is 5.82 Å². The van der Waals surface area contributed by atoms with Gasteiger partial charge in [-0.1, -0.05) is 24.3 Å². The number of fused-ring (bicyclic) bond motifs is 1. The molecule has 4 rings (SSSR count). The number of nitrogens with zero attached hydrogens (tertiary/aromatic N) is 4. The molecule has 3 heterocycles. The summed E-state index contributed by atoms with van der Waals surface area (Å²) in [6.45, 7) is 3.07. The van der Waals surface area contributed by atoms with E-state index in [4.69, 9.17) is 5.73 Å². The van der Waals surface area contributed by atoms with Gasteiger partial charge in [-0.2, -0.15) is 5.10 Å². The number of aromatic amines is 1. The number of hydrogen-bond donors (Lipinski definition) is 3. The average molecular weight is 362 g/mol. The summed E-state index contributed by atoms with van der Waals surface area (Å²) in [6.07, 6.45) is 3.39. The first-order valence-corrected chi connectivity index (χ1v) is 8.43. The predicted octanol–water partition coefficient (Wildman–Crippen LogP) is 2.16. The largest absolute Gasteiger partial charge is 0.477 e. The molecule has 0 radical (unpaired) electrons. The summed E-state index contributed by atoms with van der Waals surface area (Å²) in [4.78, 5) is 22.5. The van der Waals surface area contributed by atoms with Crippen molar-refractivity contribution in [3.8, 4) is 11.3 Å². The van der Waals surface area contributed by atoms with Crippen molar-refractivity contribution >= 4 is 17.4 Å². The fourth-order valence-electron chi connectivity index (χ4n) is 3.08. The Kier molecular flexibility index (Phi) is 4.08. The minimum atomic E-state index is -1.19. The van der Waals surface area contributed by atoms with Crippen LogP contribution in [0.4, 0.5) is 5.82 Å². The molecule has 1 aliphatic rings. The minimum Gasteiger partial charge on any atom is -0.477 e. The molecule has 3 aromatic rings. The number of aromatic nitrogens is 4. The number of nitrogens with one attached hydrogen (secondary N) is 1. The number of allylic oxidation sites excluding steroid dienone is 1. The number of hydrogen-bond acceptors (Lipinski definition) is 6. The Morgan fingerprint density at radius 2 is 1.93 bits per heavy atom. The van der Waals surface area contributed by atoms with Gasteiger partial charge in [-0.25, -0.2) is 14.8 Å². The number of carboxylic acids is 1. The van der Waals surface area contributed by atoms with Crippen molar-refractivity contribution in [2.45, 2.75) is 20.0 Å². The molecule has 0 amide bonds. The molecule has 0 saturated heterocycles. The number of H-pyrrole nitrogens is 1. The molecule has 0 saturated carbocycles. The lowest BCUT2D eigenvalue weighted by atomic mass is 10.1. The van der Waals surface area contributed by atoms with Crippen LogP contribution >= 0.6 is 0 Å². The van der Waals surface area contributed by atoms with Gasteiger partial charge < -0.3 is 15.7 Å². The molecule has 8 heteroatoms. The van der Waals surface area contributed by atoms with E-state index in [0.29, 0.717) is 22.9 Å². The lowest BCUT2D eigenvalue weighted by molar-refractivity contribution is -0.132. The molecule has 1 aromatic carbocycles. The maximum atomic E-state index is 11.3. The number of carboxylic acid groups (broad SMARTS) is 1. The lowest BCUT2D eigenvalue weighted by Crippen LogP contribution is -2.18. The molecule has 1 aliphatic heterocycles. The molecule has 136 valence electrons. The summed E-state index contributed by atoms with van der Waals surface area (Å²) >= 11 is 0. The first kappa shape index (κ1) is 16.8. The summed E-state index contributed by atoms with van der Waals surface area (Å²) in [5.41, 5.74) is 9.70. The van der Waals surface area contributed by atoms with Crippen LogP contribution in [0.1, 0.15) is 23.9 Å².